The molecule has 0 aliphatic rings. The monoisotopic (exact) mass is 313 g/mol. The van der Waals surface area contributed by atoms with Gasteiger partial charge in [-0.2, -0.15) is 4.72 Å². The molecule has 1 aromatic carbocycles. The van der Waals surface area contributed by atoms with Crippen molar-refractivity contribution in [1.82, 2.24) is 4.72 Å². The van der Waals surface area contributed by atoms with Crippen LogP contribution in [-0.2, 0) is 19.6 Å². The third kappa shape index (κ3) is 6.68. The highest BCUT2D eigenvalue weighted by atomic mass is 32.2. The fourth-order valence-corrected chi connectivity index (χ4v) is 2.50. The number of carbonyl (C=O) groups is 2. The third-order valence-electron chi connectivity index (χ3n) is 2.49. The Kier molecular flexibility index (Phi) is 6.07. The van der Waals surface area contributed by atoms with Gasteiger partial charge in [-0.15, -0.1) is 0 Å². The molecule has 7 nitrogen and oxygen atoms in total. The van der Waals surface area contributed by atoms with Crippen molar-refractivity contribution in [1.29, 1.82) is 0 Å². The number of benzene rings is 1. The van der Waals surface area contributed by atoms with E-state index in [0.29, 0.717) is 5.56 Å². The summed E-state index contributed by atoms with van der Waals surface area (Å²) in [7, 11) is -3.98. The predicted octanol–water partition coefficient (Wildman–Crippen LogP) is 0.895. The summed E-state index contributed by atoms with van der Waals surface area (Å²) in [4.78, 5) is 21.3. The maximum atomic E-state index is 11.8. The van der Waals surface area contributed by atoms with Crippen LogP contribution in [0.1, 0.15) is 18.4 Å². The molecule has 0 fully saturated rings. The summed E-state index contributed by atoms with van der Waals surface area (Å²) in [6, 6.07) is 7.12. The van der Waals surface area contributed by atoms with Crippen LogP contribution in [-0.4, -0.2) is 36.6 Å². The molecule has 0 heterocycles. The van der Waals surface area contributed by atoms with E-state index in [2.05, 4.69) is 0 Å². The van der Waals surface area contributed by atoms with Crippen molar-refractivity contribution in [3.63, 3.8) is 0 Å². The Hall–Kier alpha value is -2.19. The maximum absolute atomic E-state index is 11.8. The fraction of sp³-hybridized carbons (Fsp3) is 0.231. The lowest BCUT2D eigenvalue weighted by atomic mass is 10.2. The quantitative estimate of drug-likeness (QED) is 0.655. The Morgan fingerprint density at radius 1 is 1.19 bits per heavy atom. The highest BCUT2D eigenvalue weighted by Gasteiger charge is 2.23. The fourth-order valence-electron chi connectivity index (χ4n) is 1.47. The SMILES string of the molecule is O=C(O)CCC(NS(=O)(=O)/C=C/c1ccccc1)C(=O)O. The Bertz CT molecular complexity index is 623. The molecule has 0 aliphatic carbocycles. The van der Waals surface area contributed by atoms with Gasteiger partial charge in [0.15, 0.2) is 0 Å². The summed E-state index contributed by atoms with van der Waals surface area (Å²) >= 11 is 0. The van der Waals surface area contributed by atoms with Crippen LogP contribution in [0, 0.1) is 0 Å². The zero-order valence-corrected chi connectivity index (χ0v) is 11.8. The second kappa shape index (κ2) is 7.55. The van der Waals surface area contributed by atoms with Crippen LogP contribution in [0.25, 0.3) is 6.08 Å². The molecule has 0 aliphatic heterocycles. The van der Waals surface area contributed by atoms with Gasteiger partial charge in [-0.25, -0.2) is 8.42 Å². The first kappa shape index (κ1) is 16.9. The molecule has 3 N–H and O–H groups in total. The zero-order valence-electron chi connectivity index (χ0n) is 11.0. The first-order valence-electron chi connectivity index (χ1n) is 6.00. The van der Waals surface area contributed by atoms with Gasteiger partial charge in [0.1, 0.15) is 6.04 Å². The van der Waals surface area contributed by atoms with Crippen LogP contribution < -0.4 is 4.72 Å². The first-order valence-corrected chi connectivity index (χ1v) is 7.55. The van der Waals surface area contributed by atoms with E-state index in [-0.39, 0.29) is 6.42 Å². The van der Waals surface area contributed by atoms with Gasteiger partial charge in [-0.3, -0.25) is 9.59 Å². The number of sulfonamides is 1. The van der Waals surface area contributed by atoms with Crippen molar-refractivity contribution in [3.05, 3.63) is 41.3 Å². The van der Waals surface area contributed by atoms with Crippen molar-refractivity contribution in [2.75, 3.05) is 0 Å². The lowest BCUT2D eigenvalue weighted by Gasteiger charge is -2.11. The molecule has 0 saturated heterocycles. The molecule has 1 aromatic rings. The second-order valence-corrected chi connectivity index (χ2v) is 5.80. The molecule has 114 valence electrons. The van der Waals surface area contributed by atoms with E-state index in [1.54, 1.807) is 30.3 Å². The summed E-state index contributed by atoms with van der Waals surface area (Å²) in [6.07, 6.45) is 0.545. The lowest BCUT2D eigenvalue weighted by Crippen LogP contribution is -2.40. The Balaban J connectivity index is 2.74. The second-order valence-electron chi connectivity index (χ2n) is 4.20. The van der Waals surface area contributed by atoms with Crippen LogP contribution in [0.3, 0.4) is 0 Å². The molecule has 1 unspecified atom stereocenters. The van der Waals surface area contributed by atoms with E-state index < -0.39 is 34.4 Å². The first-order chi connectivity index (χ1) is 9.80. The number of aliphatic carboxylic acids is 2. The van der Waals surface area contributed by atoms with Crippen LogP contribution >= 0.6 is 0 Å². The minimum Gasteiger partial charge on any atom is -0.481 e. The number of rotatable bonds is 8. The van der Waals surface area contributed by atoms with Gasteiger partial charge < -0.3 is 10.2 Å². The molecule has 0 spiro atoms. The molecule has 0 aromatic heterocycles. The third-order valence-corrected chi connectivity index (χ3v) is 3.60. The average Bonchev–Trinajstić information content (AvgIpc) is 2.42. The summed E-state index contributed by atoms with van der Waals surface area (Å²) in [5, 5.41) is 18.2. The lowest BCUT2D eigenvalue weighted by molar-refractivity contribution is -0.140. The minimum absolute atomic E-state index is 0.330. The van der Waals surface area contributed by atoms with Crippen molar-refractivity contribution < 1.29 is 28.2 Å². The minimum atomic E-state index is -3.98. The van der Waals surface area contributed by atoms with Gasteiger partial charge in [-0.1, -0.05) is 30.3 Å². The average molecular weight is 313 g/mol. The van der Waals surface area contributed by atoms with Crippen LogP contribution in [0.4, 0.5) is 0 Å². The number of nitrogens with one attached hydrogen (secondary N) is 1. The van der Waals surface area contributed by atoms with Crippen LogP contribution in [0.5, 0.6) is 0 Å². The molecule has 0 saturated carbocycles. The van der Waals surface area contributed by atoms with Crippen molar-refractivity contribution in [2.45, 2.75) is 18.9 Å². The van der Waals surface area contributed by atoms with Crippen molar-refractivity contribution >= 4 is 28.0 Å². The molecule has 8 heteroatoms. The molecule has 21 heavy (non-hydrogen) atoms. The Morgan fingerprint density at radius 3 is 2.33 bits per heavy atom. The van der Waals surface area contributed by atoms with E-state index in [4.69, 9.17) is 10.2 Å². The number of hydrogen-bond donors (Lipinski definition) is 3. The normalized spacial score (nSPS) is 13.1. The highest BCUT2D eigenvalue weighted by molar-refractivity contribution is 7.92. The molecule has 0 amide bonds. The number of hydrogen-bond acceptors (Lipinski definition) is 4. The Labute approximate surface area is 122 Å². The molecule has 0 bridgehead atoms. The van der Waals surface area contributed by atoms with E-state index in [1.807, 2.05) is 4.72 Å². The molecule has 1 atom stereocenters. The summed E-state index contributed by atoms with van der Waals surface area (Å²) in [5.74, 6) is -2.62. The largest absolute Gasteiger partial charge is 0.481 e. The molecule has 0 radical (unpaired) electrons. The molecule has 1 rings (SSSR count). The summed E-state index contributed by atoms with van der Waals surface area (Å²) < 4.78 is 25.5. The van der Waals surface area contributed by atoms with Gasteiger partial charge in [-0.05, 0) is 18.1 Å². The van der Waals surface area contributed by atoms with Crippen LogP contribution in [0.2, 0.25) is 0 Å². The summed E-state index contributed by atoms with van der Waals surface area (Å²) in [6.45, 7) is 0. The van der Waals surface area contributed by atoms with Crippen LogP contribution in [0.15, 0.2) is 35.7 Å². The topological polar surface area (TPSA) is 121 Å². The van der Waals surface area contributed by atoms with E-state index in [1.165, 1.54) is 6.08 Å². The zero-order chi connectivity index (χ0) is 15.9. The van der Waals surface area contributed by atoms with E-state index >= 15 is 0 Å². The van der Waals surface area contributed by atoms with E-state index in [9.17, 15) is 18.0 Å². The van der Waals surface area contributed by atoms with Crippen molar-refractivity contribution in [2.24, 2.45) is 0 Å². The smallest absolute Gasteiger partial charge is 0.321 e. The predicted molar refractivity (Wildman–Crippen MR) is 75.8 cm³/mol. The molecular formula is C13H15NO6S. The highest BCUT2D eigenvalue weighted by Crippen LogP contribution is 2.05. The van der Waals surface area contributed by atoms with Gasteiger partial charge in [0.25, 0.3) is 0 Å². The maximum Gasteiger partial charge on any atom is 0.321 e. The van der Waals surface area contributed by atoms with E-state index in [0.717, 1.165) is 5.41 Å². The van der Waals surface area contributed by atoms with Crippen molar-refractivity contribution in [3.8, 4) is 0 Å². The Morgan fingerprint density at radius 2 is 1.81 bits per heavy atom. The van der Waals surface area contributed by atoms with Gasteiger partial charge in [0.05, 0.1) is 0 Å². The standard InChI is InChI=1S/C13H15NO6S/c15-12(16)7-6-11(13(17)18)14-21(19,20)9-8-10-4-2-1-3-5-10/h1-5,8-9,11,14H,6-7H2,(H,15,16)(H,17,18)/b9-8+. The van der Waals surface area contributed by atoms with Gasteiger partial charge in [0, 0.05) is 11.8 Å². The van der Waals surface area contributed by atoms with Gasteiger partial charge in [0.2, 0.25) is 10.0 Å². The molecular weight excluding hydrogens is 298 g/mol. The van der Waals surface area contributed by atoms with Gasteiger partial charge >= 0.3 is 11.9 Å². The summed E-state index contributed by atoms with van der Waals surface area (Å²) in [5.41, 5.74) is 0.639. The number of carboxylic acid groups (broad SMARTS) is 2. The number of carboxylic acids is 2.